The van der Waals surface area contributed by atoms with Crippen LogP contribution in [0.4, 0.5) is 0 Å². The second-order valence-electron chi connectivity index (χ2n) is 3.29. The van der Waals surface area contributed by atoms with E-state index in [0.29, 0.717) is 25.2 Å². The average Bonchev–Trinajstić information content (AvgIpc) is 2.71. The summed E-state index contributed by atoms with van der Waals surface area (Å²) in [5.41, 5.74) is 0. The first kappa shape index (κ1) is 8.51. The number of hydrogen-bond acceptors (Lipinski definition) is 3. The molecule has 2 rings (SSSR count). The molecule has 3 heteroatoms. The highest BCUT2D eigenvalue weighted by molar-refractivity contribution is 5.81. The van der Waals surface area contributed by atoms with E-state index in [9.17, 15) is 4.79 Å². The summed E-state index contributed by atoms with van der Waals surface area (Å²) in [5.74, 6) is 1.13. The Kier molecular flexibility index (Phi) is 2.45. The summed E-state index contributed by atoms with van der Waals surface area (Å²) < 4.78 is 10.6. The molecular weight excluding hydrogens is 168 g/mol. The maximum atomic E-state index is 10.9. The van der Waals surface area contributed by atoms with Gasteiger partial charge in [0.1, 0.15) is 18.2 Å². The van der Waals surface area contributed by atoms with Crippen LogP contribution in [-0.2, 0) is 16.1 Å². The topological polar surface area (TPSA) is 39.4 Å². The Bertz CT molecular complexity index is 276. The molecule has 1 aliphatic carbocycles. The van der Waals surface area contributed by atoms with Crippen molar-refractivity contribution in [2.24, 2.45) is 0 Å². The summed E-state index contributed by atoms with van der Waals surface area (Å²) in [4.78, 5) is 10.9. The van der Waals surface area contributed by atoms with Gasteiger partial charge in [-0.25, -0.2) is 0 Å². The van der Waals surface area contributed by atoms with Crippen LogP contribution in [0.25, 0.3) is 0 Å². The van der Waals surface area contributed by atoms with Crippen molar-refractivity contribution >= 4 is 5.78 Å². The van der Waals surface area contributed by atoms with Crippen molar-refractivity contribution in [1.29, 1.82) is 0 Å². The van der Waals surface area contributed by atoms with Gasteiger partial charge in [-0.2, -0.15) is 0 Å². The predicted octanol–water partition coefficient (Wildman–Crippen LogP) is 1.92. The van der Waals surface area contributed by atoms with Crippen molar-refractivity contribution in [3.05, 3.63) is 24.2 Å². The molecule has 0 radical (unpaired) electrons. The zero-order chi connectivity index (χ0) is 9.10. The minimum Gasteiger partial charge on any atom is -0.467 e. The second-order valence-corrected chi connectivity index (χ2v) is 3.29. The lowest BCUT2D eigenvalue weighted by Gasteiger charge is -2.07. The predicted molar refractivity (Wildman–Crippen MR) is 46.1 cm³/mol. The first-order valence-electron chi connectivity index (χ1n) is 4.50. The first-order chi connectivity index (χ1) is 6.34. The van der Waals surface area contributed by atoms with Crippen LogP contribution in [0.2, 0.25) is 0 Å². The number of rotatable bonds is 3. The molecule has 1 unspecified atom stereocenters. The van der Waals surface area contributed by atoms with Gasteiger partial charge >= 0.3 is 0 Å². The number of carbonyl (C=O) groups is 1. The van der Waals surface area contributed by atoms with Crippen molar-refractivity contribution < 1.29 is 13.9 Å². The van der Waals surface area contributed by atoms with Crippen molar-refractivity contribution in [2.45, 2.75) is 32.0 Å². The monoisotopic (exact) mass is 180 g/mol. The van der Waals surface area contributed by atoms with Crippen LogP contribution in [0, 0.1) is 0 Å². The van der Waals surface area contributed by atoms with Gasteiger partial charge in [0.25, 0.3) is 0 Å². The molecule has 1 aromatic rings. The Hall–Kier alpha value is -1.09. The van der Waals surface area contributed by atoms with Crippen LogP contribution in [0.3, 0.4) is 0 Å². The minimum absolute atomic E-state index is 0.109. The molecule has 0 aromatic carbocycles. The maximum Gasteiger partial charge on any atom is 0.135 e. The second kappa shape index (κ2) is 3.75. The number of ether oxygens (including phenoxy) is 1. The first-order valence-corrected chi connectivity index (χ1v) is 4.50. The number of ketones is 1. The van der Waals surface area contributed by atoms with Gasteiger partial charge in [0.2, 0.25) is 0 Å². The smallest absolute Gasteiger partial charge is 0.135 e. The Morgan fingerprint density at radius 3 is 3.15 bits per heavy atom. The van der Waals surface area contributed by atoms with E-state index in [-0.39, 0.29) is 6.10 Å². The molecule has 1 aliphatic rings. The standard InChI is InChI=1S/C10H12O3/c11-8-3-4-9(6-8)13-7-10-2-1-5-12-10/h1-2,5,9H,3-4,6-7H2. The Balaban J connectivity index is 1.77. The number of hydrogen-bond donors (Lipinski definition) is 0. The van der Waals surface area contributed by atoms with E-state index in [1.54, 1.807) is 6.26 Å². The third kappa shape index (κ3) is 2.18. The van der Waals surface area contributed by atoms with E-state index in [1.165, 1.54) is 0 Å². The molecular formula is C10H12O3. The third-order valence-electron chi connectivity index (χ3n) is 2.24. The molecule has 1 heterocycles. The molecule has 1 fully saturated rings. The quantitative estimate of drug-likeness (QED) is 0.713. The molecule has 70 valence electrons. The fraction of sp³-hybridized carbons (Fsp3) is 0.500. The normalized spacial score (nSPS) is 22.5. The number of furan rings is 1. The highest BCUT2D eigenvalue weighted by Gasteiger charge is 2.22. The fourth-order valence-electron chi connectivity index (χ4n) is 1.52. The third-order valence-corrected chi connectivity index (χ3v) is 2.24. The van der Waals surface area contributed by atoms with Crippen LogP contribution in [0.15, 0.2) is 22.8 Å². The highest BCUT2D eigenvalue weighted by Crippen LogP contribution is 2.19. The Morgan fingerprint density at radius 2 is 2.54 bits per heavy atom. The molecule has 0 N–H and O–H groups in total. The SMILES string of the molecule is O=C1CCC(OCc2ccco2)C1. The van der Waals surface area contributed by atoms with Crippen molar-refractivity contribution in [1.82, 2.24) is 0 Å². The zero-order valence-electron chi connectivity index (χ0n) is 7.36. The highest BCUT2D eigenvalue weighted by atomic mass is 16.5. The Labute approximate surface area is 76.7 Å². The van der Waals surface area contributed by atoms with Crippen LogP contribution in [0.5, 0.6) is 0 Å². The van der Waals surface area contributed by atoms with Crippen LogP contribution in [-0.4, -0.2) is 11.9 Å². The Morgan fingerprint density at radius 1 is 1.62 bits per heavy atom. The number of Topliss-reactive ketones (excluding diaryl/α,β-unsaturated/α-hetero) is 1. The van der Waals surface area contributed by atoms with Crippen molar-refractivity contribution in [3.8, 4) is 0 Å². The summed E-state index contributed by atoms with van der Waals surface area (Å²) in [7, 11) is 0. The average molecular weight is 180 g/mol. The molecule has 3 nitrogen and oxygen atoms in total. The molecule has 0 amide bonds. The lowest BCUT2D eigenvalue weighted by atomic mass is 10.3. The molecule has 1 aromatic heterocycles. The van der Waals surface area contributed by atoms with E-state index in [2.05, 4.69) is 0 Å². The lowest BCUT2D eigenvalue weighted by Crippen LogP contribution is -2.07. The minimum atomic E-state index is 0.109. The summed E-state index contributed by atoms with van der Waals surface area (Å²) in [6, 6.07) is 3.70. The van der Waals surface area contributed by atoms with E-state index in [4.69, 9.17) is 9.15 Å². The molecule has 13 heavy (non-hydrogen) atoms. The van der Waals surface area contributed by atoms with Gasteiger partial charge in [-0.3, -0.25) is 4.79 Å². The number of carbonyl (C=O) groups excluding carboxylic acids is 1. The van der Waals surface area contributed by atoms with Crippen molar-refractivity contribution in [2.75, 3.05) is 0 Å². The van der Waals surface area contributed by atoms with Crippen LogP contribution >= 0.6 is 0 Å². The van der Waals surface area contributed by atoms with Gasteiger partial charge in [-0.15, -0.1) is 0 Å². The van der Waals surface area contributed by atoms with Gasteiger partial charge in [0, 0.05) is 12.8 Å². The zero-order valence-corrected chi connectivity index (χ0v) is 7.36. The summed E-state index contributed by atoms with van der Waals surface area (Å²) in [5, 5.41) is 0. The van der Waals surface area contributed by atoms with Crippen molar-refractivity contribution in [3.63, 3.8) is 0 Å². The van der Waals surface area contributed by atoms with E-state index in [1.807, 2.05) is 12.1 Å². The van der Waals surface area contributed by atoms with Gasteiger partial charge in [-0.1, -0.05) is 0 Å². The summed E-state index contributed by atoms with van der Waals surface area (Å²) >= 11 is 0. The molecule has 0 bridgehead atoms. The summed E-state index contributed by atoms with van der Waals surface area (Å²) in [6.07, 6.45) is 3.83. The fourth-order valence-corrected chi connectivity index (χ4v) is 1.52. The summed E-state index contributed by atoms with van der Waals surface area (Å²) in [6.45, 7) is 0.477. The molecule has 1 saturated carbocycles. The largest absolute Gasteiger partial charge is 0.467 e. The van der Waals surface area contributed by atoms with E-state index < -0.39 is 0 Å². The lowest BCUT2D eigenvalue weighted by molar-refractivity contribution is -0.118. The molecule has 0 aliphatic heterocycles. The van der Waals surface area contributed by atoms with Crippen LogP contribution < -0.4 is 0 Å². The molecule has 0 saturated heterocycles. The van der Waals surface area contributed by atoms with E-state index >= 15 is 0 Å². The van der Waals surface area contributed by atoms with Gasteiger partial charge in [0.15, 0.2) is 0 Å². The van der Waals surface area contributed by atoms with Gasteiger partial charge in [-0.05, 0) is 18.6 Å². The van der Waals surface area contributed by atoms with Gasteiger partial charge < -0.3 is 9.15 Å². The molecule has 0 spiro atoms. The van der Waals surface area contributed by atoms with Gasteiger partial charge in [0.05, 0.1) is 12.4 Å². The maximum absolute atomic E-state index is 10.9. The van der Waals surface area contributed by atoms with Crippen LogP contribution in [0.1, 0.15) is 25.0 Å². The molecule has 1 atom stereocenters. The van der Waals surface area contributed by atoms with E-state index in [0.717, 1.165) is 12.2 Å².